The first kappa shape index (κ1) is 42.0. The van der Waals surface area contributed by atoms with Crippen molar-refractivity contribution < 1.29 is 33.9 Å². The highest BCUT2D eigenvalue weighted by Gasteiger charge is 2.20. The molecular weight excluding hydrogens is 777 g/mol. The Hall–Kier alpha value is -7.19. The molecule has 2 aromatic heterocycles. The summed E-state index contributed by atoms with van der Waals surface area (Å²) in [4.78, 5) is 62.7. The molecule has 3 N–H and O–H groups in total. The van der Waals surface area contributed by atoms with Gasteiger partial charge in [0, 0.05) is 72.4 Å². The number of non-ortho nitro benzene ring substituents is 1. The van der Waals surface area contributed by atoms with Crippen LogP contribution in [-0.2, 0) is 11.3 Å². The van der Waals surface area contributed by atoms with Crippen molar-refractivity contribution in [3.05, 3.63) is 141 Å². The number of nitrogens with one attached hydrogen (secondary N) is 2. The van der Waals surface area contributed by atoms with Gasteiger partial charge in [0.2, 0.25) is 0 Å². The Morgan fingerprint density at radius 3 is 1.70 bits per heavy atom. The molecule has 61 heavy (non-hydrogen) atoms. The number of benzene rings is 5. The number of para-hydroxylation sites is 4. The van der Waals surface area contributed by atoms with Crippen molar-refractivity contribution >= 4 is 67.2 Å². The van der Waals surface area contributed by atoms with Crippen molar-refractivity contribution in [2.24, 2.45) is 0 Å². The van der Waals surface area contributed by atoms with Crippen molar-refractivity contribution in [3.8, 4) is 5.75 Å². The van der Waals surface area contributed by atoms with E-state index in [1.54, 1.807) is 12.1 Å². The van der Waals surface area contributed by atoms with Gasteiger partial charge in [0.05, 0.1) is 50.8 Å². The van der Waals surface area contributed by atoms with E-state index in [1.165, 1.54) is 23.1 Å². The summed E-state index contributed by atoms with van der Waals surface area (Å²) in [7, 11) is 0. The summed E-state index contributed by atoms with van der Waals surface area (Å²) >= 11 is 0. The number of pyridine rings is 2. The number of aryl methyl sites for hydroxylation is 2. The highest BCUT2D eigenvalue weighted by molar-refractivity contribution is 6.09. The molecule has 0 aliphatic heterocycles. The van der Waals surface area contributed by atoms with E-state index >= 15 is 0 Å². The smallest absolute Gasteiger partial charge is 0.410 e. The van der Waals surface area contributed by atoms with Crippen LogP contribution in [0, 0.1) is 24.0 Å². The van der Waals surface area contributed by atoms with Crippen LogP contribution in [0.1, 0.15) is 56.7 Å². The van der Waals surface area contributed by atoms with Gasteiger partial charge in [0.15, 0.2) is 0 Å². The molecule has 0 aliphatic rings. The first-order valence-electron chi connectivity index (χ1n) is 20.2. The number of nitro groups is 1. The summed E-state index contributed by atoms with van der Waals surface area (Å²) in [5.41, 5.74) is 5.99. The van der Waals surface area contributed by atoms with Gasteiger partial charge in [0.25, 0.3) is 17.5 Å². The largest absolute Gasteiger partial charge is 0.493 e. The van der Waals surface area contributed by atoms with Crippen LogP contribution < -0.4 is 15.4 Å². The van der Waals surface area contributed by atoms with Gasteiger partial charge in [-0.3, -0.25) is 19.7 Å². The zero-order valence-electron chi connectivity index (χ0n) is 34.0. The summed E-state index contributed by atoms with van der Waals surface area (Å²) in [5.74, 6) is -0.411. The zero-order chi connectivity index (χ0) is 42.9. The lowest BCUT2D eigenvalue weighted by Crippen LogP contribution is -2.37. The Balaban J connectivity index is 1.02. The molecule has 5 aromatic carbocycles. The number of aliphatic hydroxyl groups excluding tert-OH is 1. The number of ether oxygens (including phenoxy) is 2. The van der Waals surface area contributed by atoms with E-state index in [1.807, 2.05) is 86.6 Å². The first-order valence-corrected chi connectivity index (χ1v) is 20.2. The van der Waals surface area contributed by atoms with E-state index < -0.39 is 11.0 Å². The average molecular weight is 823 g/mol. The minimum absolute atomic E-state index is 0.109. The Morgan fingerprint density at radius 1 is 0.689 bits per heavy atom. The minimum Gasteiger partial charge on any atom is -0.493 e. The van der Waals surface area contributed by atoms with E-state index in [0.29, 0.717) is 47.0 Å². The van der Waals surface area contributed by atoms with Crippen molar-refractivity contribution in [3.63, 3.8) is 0 Å². The predicted molar refractivity (Wildman–Crippen MR) is 234 cm³/mol. The molecule has 312 valence electrons. The molecule has 7 rings (SSSR count). The summed E-state index contributed by atoms with van der Waals surface area (Å²) in [5, 5.41) is 30.3. The Bertz CT molecular complexity index is 2630. The highest BCUT2D eigenvalue weighted by atomic mass is 16.6. The Labute approximate surface area is 351 Å². The highest BCUT2D eigenvalue weighted by Crippen LogP contribution is 2.28. The lowest BCUT2D eigenvalue weighted by molar-refractivity contribution is -0.385. The fraction of sp³-hybridized carbons (Fsp3) is 0.255. The molecular formula is C47H46N6O8. The standard InChI is InChI=1S/C47H46N6O8/c1-30-10-3-12-32-26-34-14-5-16-38(43(34)50-41(30)32)45(55)48-20-7-22-52(47(57)61-29-36-18-19-37(53(58)59)28-40(36)60-25-9-24-54)23-8-21-49-46(56)39-17-6-15-35-27-33-13-4-11-31(2)42(33)51-44(35)39/h3-6,10-19,26-28,54H,7-9,20-25,29H2,1-2H3,(H,48,55)(H,49,56). The van der Waals surface area contributed by atoms with Crippen molar-refractivity contribution in [2.75, 3.05) is 39.4 Å². The van der Waals surface area contributed by atoms with Crippen LogP contribution in [0.25, 0.3) is 43.6 Å². The normalized spacial score (nSPS) is 11.2. The third-order valence-corrected chi connectivity index (χ3v) is 10.4. The topological polar surface area (TPSA) is 186 Å². The zero-order valence-corrected chi connectivity index (χ0v) is 34.0. The third kappa shape index (κ3) is 9.82. The number of rotatable bonds is 17. The van der Waals surface area contributed by atoms with Gasteiger partial charge in [-0.2, -0.15) is 0 Å². The average Bonchev–Trinajstić information content (AvgIpc) is 3.26. The third-order valence-electron chi connectivity index (χ3n) is 10.4. The van der Waals surface area contributed by atoms with Crippen LogP contribution in [-0.4, -0.2) is 82.2 Å². The van der Waals surface area contributed by atoms with Crippen LogP contribution in [0.3, 0.4) is 0 Å². The number of aromatic nitrogens is 2. The lowest BCUT2D eigenvalue weighted by atomic mass is 10.0. The maximum Gasteiger partial charge on any atom is 0.410 e. The second kappa shape index (κ2) is 19.3. The number of nitrogens with zero attached hydrogens (tertiary/aromatic N) is 4. The summed E-state index contributed by atoms with van der Waals surface area (Å²) < 4.78 is 11.4. The van der Waals surface area contributed by atoms with Gasteiger partial charge < -0.3 is 30.1 Å². The van der Waals surface area contributed by atoms with E-state index in [0.717, 1.165) is 43.7 Å². The van der Waals surface area contributed by atoms with E-state index in [4.69, 9.17) is 19.4 Å². The molecule has 0 radical (unpaired) electrons. The molecule has 14 heteroatoms. The summed E-state index contributed by atoms with van der Waals surface area (Å²) in [6.45, 7) is 4.63. The summed E-state index contributed by atoms with van der Waals surface area (Å²) in [6.07, 6.45) is 0.424. The number of hydrogen-bond donors (Lipinski definition) is 3. The second-order valence-electron chi connectivity index (χ2n) is 14.8. The Morgan fingerprint density at radius 2 is 1.20 bits per heavy atom. The molecule has 0 unspecified atom stereocenters. The molecule has 3 amide bonds. The number of amides is 3. The Kier molecular flexibility index (Phi) is 13.2. The minimum atomic E-state index is -0.654. The fourth-order valence-electron chi connectivity index (χ4n) is 7.25. The van der Waals surface area contributed by atoms with Gasteiger partial charge in [-0.25, -0.2) is 14.8 Å². The molecule has 0 bridgehead atoms. The molecule has 14 nitrogen and oxygen atoms in total. The molecule has 0 saturated carbocycles. The first-order chi connectivity index (χ1) is 29.6. The van der Waals surface area contributed by atoms with Gasteiger partial charge in [-0.1, -0.05) is 60.7 Å². The quantitative estimate of drug-likeness (QED) is 0.0352. The number of hydrogen-bond acceptors (Lipinski definition) is 10. The van der Waals surface area contributed by atoms with Gasteiger partial charge in [-0.15, -0.1) is 0 Å². The number of aliphatic hydroxyl groups is 1. The number of nitro benzene ring substituents is 1. The number of fused-ring (bicyclic) bond motifs is 4. The maximum atomic E-state index is 13.7. The molecule has 0 saturated heterocycles. The van der Waals surface area contributed by atoms with Crippen LogP contribution in [0.4, 0.5) is 10.5 Å². The number of carbonyl (C=O) groups is 3. The monoisotopic (exact) mass is 822 g/mol. The SMILES string of the molecule is Cc1cccc2cc3cccc(C(=O)NCCCN(CCCNC(=O)c4cccc5cc6cccc(C)c6nc45)C(=O)OCc4ccc([N+](=O)[O-])cc4OCCCO)c3nc12. The van der Waals surface area contributed by atoms with E-state index in [-0.39, 0.29) is 69.3 Å². The fourth-order valence-corrected chi connectivity index (χ4v) is 7.25. The van der Waals surface area contributed by atoms with E-state index in [2.05, 4.69) is 10.6 Å². The van der Waals surface area contributed by atoms with Crippen molar-refractivity contribution in [1.29, 1.82) is 0 Å². The van der Waals surface area contributed by atoms with Crippen LogP contribution in [0.15, 0.2) is 103 Å². The number of carbonyl (C=O) groups excluding carboxylic acids is 3. The molecule has 2 heterocycles. The molecule has 0 aliphatic carbocycles. The maximum absolute atomic E-state index is 13.7. The van der Waals surface area contributed by atoms with Gasteiger partial charge in [0.1, 0.15) is 12.4 Å². The molecule has 0 fully saturated rings. The van der Waals surface area contributed by atoms with Crippen molar-refractivity contribution in [2.45, 2.75) is 39.7 Å². The molecule has 7 aromatic rings. The lowest BCUT2D eigenvalue weighted by Gasteiger charge is -2.23. The summed E-state index contributed by atoms with van der Waals surface area (Å²) in [6, 6.07) is 31.0. The molecule has 0 spiro atoms. The van der Waals surface area contributed by atoms with Crippen molar-refractivity contribution in [1.82, 2.24) is 25.5 Å². The second-order valence-corrected chi connectivity index (χ2v) is 14.8. The van der Waals surface area contributed by atoms with E-state index in [9.17, 15) is 29.6 Å². The predicted octanol–water partition coefficient (Wildman–Crippen LogP) is 7.95. The van der Waals surface area contributed by atoms with Gasteiger partial charge >= 0.3 is 6.09 Å². The molecule has 0 atom stereocenters. The van der Waals surface area contributed by atoms with Crippen LogP contribution in [0.5, 0.6) is 5.75 Å². The van der Waals surface area contributed by atoms with Crippen LogP contribution in [0.2, 0.25) is 0 Å². The van der Waals surface area contributed by atoms with Gasteiger partial charge in [-0.05, 0) is 68.1 Å². The van der Waals surface area contributed by atoms with Crippen LogP contribution >= 0.6 is 0 Å².